The maximum absolute atomic E-state index is 13.2. The molecule has 170 valence electrons. The number of rotatable bonds is 6. The number of hydrogen-bond donors (Lipinski definition) is 3. The van der Waals surface area contributed by atoms with Crippen LogP contribution >= 0.6 is 0 Å². The lowest BCUT2D eigenvalue weighted by molar-refractivity contribution is -0.114. The Labute approximate surface area is 193 Å². The molecule has 0 unspecified atom stereocenters. The van der Waals surface area contributed by atoms with Crippen molar-refractivity contribution >= 4 is 39.9 Å². The quantitative estimate of drug-likeness (QED) is 0.479. The van der Waals surface area contributed by atoms with Crippen LogP contribution in [-0.4, -0.2) is 24.3 Å². The Morgan fingerprint density at radius 1 is 0.818 bits per heavy atom. The van der Waals surface area contributed by atoms with Crippen molar-refractivity contribution in [1.82, 2.24) is 5.32 Å². The summed E-state index contributed by atoms with van der Waals surface area (Å²) in [6, 6.07) is 18.2. The molecule has 0 spiro atoms. The topological polar surface area (TPSA) is 87.3 Å². The lowest BCUT2D eigenvalue weighted by Gasteiger charge is -2.22. The molecule has 0 saturated heterocycles. The van der Waals surface area contributed by atoms with Gasteiger partial charge in [0.15, 0.2) is 0 Å². The molecule has 0 radical (unpaired) electrons. The van der Waals surface area contributed by atoms with Gasteiger partial charge in [0.1, 0.15) is 0 Å². The van der Waals surface area contributed by atoms with Crippen LogP contribution in [-0.2, 0) is 4.79 Å². The van der Waals surface area contributed by atoms with E-state index in [1.165, 1.54) is 26.2 Å². The number of benzene rings is 3. The van der Waals surface area contributed by atoms with Gasteiger partial charge in [0, 0.05) is 24.7 Å². The zero-order valence-corrected chi connectivity index (χ0v) is 18.8. The number of carbonyl (C=O) groups excluding carboxylic acids is 3. The highest BCUT2D eigenvalue weighted by molar-refractivity contribution is 6.15. The van der Waals surface area contributed by atoms with E-state index in [0.29, 0.717) is 35.0 Å². The summed E-state index contributed by atoms with van der Waals surface area (Å²) in [6.45, 7) is 2.03. The van der Waals surface area contributed by atoms with E-state index in [4.69, 9.17) is 0 Å². The summed E-state index contributed by atoms with van der Waals surface area (Å²) in [5.41, 5.74) is 1.77. The average molecular weight is 444 g/mol. The van der Waals surface area contributed by atoms with Gasteiger partial charge in [0.05, 0.1) is 11.3 Å². The standard InChI is InChI=1S/C27H29N3O3/c1-18(31)29-21-14-15-25(24(16-21)26(32)28-17-19-8-3-2-4-9-19)30-27(33)23-13-7-11-20-10-5-6-12-22(20)23/h5-7,10-16,19H,2-4,8-9,17H2,1H3,(H,28,32)(H,29,31)(H,30,33). The predicted molar refractivity (Wildman–Crippen MR) is 132 cm³/mol. The van der Waals surface area contributed by atoms with Crippen molar-refractivity contribution in [2.75, 3.05) is 17.2 Å². The minimum absolute atomic E-state index is 0.226. The van der Waals surface area contributed by atoms with E-state index >= 15 is 0 Å². The van der Waals surface area contributed by atoms with Crippen molar-refractivity contribution in [3.63, 3.8) is 0 Å². The average Bonchev–Trinajstić information content (AvgIpc) is 2.83. The first-order valence-corrected chi connectivity index (χ1v) is 11.5. The monoisotopic (exact) mass is 443 g/mol. The van der Waals surface area contributed by atoms with Crippen LogP contribution in [0.4, 0.5) is 11.4 Å². The molecule has 0 bridgehead atoms. The Balaban J connectivity index is 1.58. The Hall–Kier alpha value is -3.67. The summed E-state index contributed by atoms with van der Waals surface area (Å²) < 4.78 is 0. The van der Waals surface area contributed by atoms with E-state index in [9.17, 15) is 14.4 Å². The molecule has 3 aromatic carbocycles. The van der Waals surface area contributed by atoms with Crippen molar-refractivity contribution < 1.29 is 14.4 Å². The molecule has 0 heterocycles. The molecular formula is C27H29N3O3. The third-order valence-corrected chi connectivity index (χ3v) is 6.14. The Morgan fingerprint density at radius 3 is 2.36 bits per heavy atom. The molecule has 1 saturated carbocycles. The predicted octanol–water partition coefficient (Wildman–Crippen LogP) is 5.36. The second kappa shape index (κ2) is 10.3. The van der Waals surface area contributed by atoms with Crippen LogP contribution in [0.15, 0.2) is 60.7 Å². The van der Waals surface area contributed by atoms with Gasteiger partial charge in [0.2, 0.25) is 5.91 Å². The van der Waals surface area contributed by atoms with E-state index < -0.39 is 0 Å². The number of anilines is 2. The molecule has 0 atom stereocenters. The second-order valence-electron chi connectivity index (χ2n) is 8.64. The zero-order chi connectivity index (χ0) is 23.2. The zero-order valence-electron chi connectivity index (χ0n) is 18.8. The first kappa shape index (κ1) is 22.5. The first-order valence-electron chi connectivity index (χ1n) is 11.5. The van der Waals surface area contributed by atoms with Gasteiger partial charge in [-0.05, 0) is 53.8 Å². The van der Waals surface area contributed by atoms with Gasteiger partial charge in [-0.2, -0.15) is 0 Å². The van der Waals surface area contributed by atoms with Crippen LogP contribution in [0.2, 0.25) is 0 Å². The third-order valence-electron chi connectivity index (χ3n) is 6.14. The van der Waals surface area contributed by atoms with Crippen molar-refractivity contribution in [2.45, 2.75) is 39.0 Å². The third kappa shape index (κ3) is 5.58. The molecule has 0 aliphatic heterocycles. The van der Waals surface area contributed by atoms with Crippen molar-refractivity contribution in [3.8, 4) is 0 Å². The number of fused-ring (bicyclic) bond motifs is 1. The molecule has 1 aliphatic carbocycles. The maximum Gasteiger partial charge on any atom is 0.256 e. The molecule has 6 nitrogen and oxygen atoms in total. The van der Waals surface area contributed by atoms with Crippen LogP contribution in [0.5, 0.6) is 0 Å². The van der Waals surface area contributed by atoms with Gasteiger partial charge < -0.3 is 16.0 Å². The summed E-state index contributed by atoms with van der Waals surface area (Å²) in [5.74, 6) is -0.299. The summed E-state index contributed by atoms with van der Waals surface area (Å²) in [5, 5.41) is 10.5. The molecule has 6 heteroatoms. The van der Waals surface area contributed by atoms with Crippen molar-refractivity contribution in [3.05, 3.63) is 71.8 Å². The summed E-state index contributed by atoms with van der Waals surface area (Å²) in [6.07, 6.45) is 5.90. The minimum atomic E-state index is -0.291. The van der Waals surface area contributed by atoms with Crippen LogP contribution in [0.3, 0.4) is 0 Å². The fraction of sp³-hybridized carbons (Fsp3) is 0.296. The fourth-order valence-corrected chi connectivity index (χ4v) is 4.46. The largest absolute Gasteiger partial charge is 0.352 e. The smallest absolute Gasteiger partial charge is 0.256 e. The normalized spacial score (nSPS) is 14.0. The van der Waals surface area contributed by atoms with Gasteiger partial charge in [-0.15, -0.1) is 0 Å². The number of amides is 3. The van der Waals surface area contributed by atoms with Crippen LogP contribution in [0.25, 0.3) is 10.8 Å². The Kier molecular flexibility index (Phi) is 7.03. The van der Waals surface area contributed by atoms with E-state index in [0.717, 1.165) is 23.6 Å². The SMILES string of the molecule is CC(=O)Nc1ccc(NC(=O)c2cccc3ccccc23)c(C(=O)NCC2CCCCC2)c1. The highest BCUT2D eigenvalue weighted by atomic mass is 16.2. The van der Waals surface area contributed by atoms with E-state index in [1.807, 2.05) is 36.4 Å². The number of hydrogen-bond acceptors (Lipinski definition) is 3. The number of carbonyl (C=O) groups is 3. The van der Waals surface area contributed by atoms with Gasteiger partial charge in [-0.3, -0.25) is 14.4 Å². The molecule has 33 heavy (non-hydrogen) atoms. The van der Waals surface area contributed by atoms with Crippen LogP contribution < -0.4 is 16.0 Å². The lowest BCUT2D eigenvalue weighted by Crippen LogP contribution is -2.31. The highest BCUT2D eigenvalue weighted by Crippen LogP contribution is 2.26. The molecule has 3 aromatic rings. The van der Waals surface area contributed by atoms with E-state index in [-0.39, 0.29) is 17.7 Å². The molecule has 3 N–H and O–H groups in total. The molecule has 1 fully saturated rings. The minimum Gasteiger partial charge on any atom is -0.352 e. The summed E-state index contributed by atoms with van der Waals surface area (Å²) in [7, 11) is 0. The Bertz CT molecular complexity index is 1180. The molecule has 4 rings (SSSR count). The second-order valence-corrected chi connectivity index (χ2v) is 8.64. The molecule has 3 amide bonds. The number of nitrogens with one attached hydrogen (secondary N) is 3. The van der Waals surface area contributed by atoms with Crippen LogP contribution in [0.1, 0.15) is 59.7 Å². The molecular weight excluding hydrogens is 414 g/mol. The van der Waals surface area contributed by atoms with Crippen LogP contribution in [0, 0.1) is 5.92 Å². The van der Waals surface area contributed by atoms with Crippen molar-refractivity contribution in [2.24, 2.45) is 5.92 Å². The van der Waals surface area contributed by atoms with Gasteiger partial charge >= 0.3 is 0 Å². The van der Waals surface area contributed by atoms with E-state index in [1.54, 1.807) is 24.3 Å². The molecule has 0 aromatic heterocycles. The maximum atomic E-state index is 13.2. The van der Waals surface area contributed by atoms with Gasteiger partial charge in [-0.1, -0.05) is 55.7 Å². The first-order chi connectivity index (χ1) is 16.0. The highest BCUT2D eigenvalue weighted by Gasteiger charge is 2.19. The van der Waals surface area contributed by atoms with Gasteiger partial charge in [-0.25, -0.2) is 0 Å². The lowest BCUT2D eigenvalue weighted by atomic mass is 9.89. The van der Waals surface area contributed by atoms with E-state index in [2.05, 4.69) is 16.0 Å². The summed E-state index contributed by atoms with van der Waals surface area (Å²) in [4.78, 5) is 37.8. The fourth-order valence-electron chi connectivity index (χ4n) is 4.46. The summed E-state index contributed by atoms with van der Waals surface area (Å²) >= 11 is 0. The van der Waals surface area contributed by atoms with Gasteiger partial charge in [0.25, 0.3) is 11.8 Å². The molecule has 1 aliphatic rings. The van der Waals surface area contributed by atoms with Crippen molar-refractivity contribution in [1.29, 1.82) is 0 Å². The Morgan fingerprint density at radius 2 is 1.58 bits per heavy atom.